The fourth-order valence-electron chi connectivity index (χ4n) is 16.2. The lowest BCUT2D eigenvalue weighted by molar-refractivity contribution is 0.970. The Labute approximate surface area is 616 Å². The van der Waals surface area contributed by atoms with Gasteiger partial charge in [-0.1, -0.05) is 267 Å². The average Bonchev–Trinajstić information content (AvgIpc) is 1.56. The molecule has 1 aliphatic carbocycles. The second kappa shape index (κ2) is 25.3. The second-order valence-electron chi connectivity index (χ2n) is 27.6. The number of hydrogen-bond donors (Lipinski definition) is 0. The van der Waals surface area contributed by atoms with Gasteiger partial charge >= 0.3 is 0 Å². The van der Waals surface area contributed by atoms with Crippen LogP contribution in [0.2, 0.25) is 0 Å². The van der Waals surface area contributed by atoms with Crippen molar-refractivity contribution in [3.05, 3.63) is 363 Å². The van der Waals surface area contributed by atoms with E-state index in [9.17, 15) is 0 Å². The molecule has 0 unspecified atom stereocenters. The molecule has 1 aliphatic rings. The zero-order chi connectivity index (χ0) is 70.5. The number of rotatable bonds is 13. The largest absolute Gasteiger partial charge is 0.309 e. The van der Waals surface area contributed by atoms with Crippen molar-refractivity contribution in [2.45, 2.75) is 12.8 Å². The molecule has 0 radical (unpaired) electrons. The Hall–Kier alpha value is -14.4. The molecule has 500 valence electrons. The lowest BCUT2D eigenvalue weighted by Gasteiger charge is -2.18. The summed E-state index contributed by atoms with van der Waals surface area (Å²) in [6.07, 6.45) is 1.59. The van der Waals surface area contributed by atoms with Gasteiger partial charge in [-0.05, 0) is 142 Å². The molecule has 6 heterocycles. The molecular weight excluding hydrogens is 1310 g/mol. The van der Waals surface area contributed by atoms with Crippen molar-refractivity contribution >= 4 is 65.4 Å². The Morgan fingerprint density at radius 3 is 0.822 bits per heavy atom. The minimum absolute atomic E-state index is 0.569. The summed E-state index contributed by atoms with van der Waals surface area (Å²) in [5, 5.41) is 7.13. The number of nitrogens with zero attached hydrogens (tertiary/aromatic N) is 10. The first-order valence-corrected chi connectivity index (χ1v) is 36.3. The molecule has 0 atom stereocenters. The van der Waals surface area contributed by atoms with Crippen molar-refractivity contribution in [3.8, 4) is 130 Å². The molecule has 107 heavy (non-hydrogen) atoms. The maximum absolute atomic E-state index is 5.82. The number of aromatic nitrogens is 10. The van der Waals surface area contributed by atoms with E-state index in [1.807, 2.05) is 72.8 Å². The average molecular weight is 1370 g/mol. The summed E-state index contributed by atoms with van der Waals surface area (Å²) < 4.78 is 7.26. The first-order chi connectivity index (χ1) is 53.0. The molecule has 0 aliphatic heterocycles. The van der Waals surface area contributed by atoms with E-state index in [1.54, 1.807) is 0 Å². The number of hydrogen-bond acceptors (Lipinski definition) is 7. The number of pyridine rings is 1. The number of para-hydroxylation sites is 4. The van der Waals surface area contributed by atoms with E-state index < -0.39 is 0 Å². The second-order valence-corrected chi connectivity index (χ2v) is 27.6. The zero-order valence-electron chi connectivity index (χ0n) is 57.9. The molecule has 0 N–H and O–H groups in total. The fourth-order valence-corrected chi connectivity index (χ4v) is 16.2. The van der Waals surface area contributed by atoms with Crippen LogP contribution < -0.4 is 0 Å². The van der Waals surface area contributed by atoms with Gasteiger partial charge in [0.2, 0.25) is 0 Å². The first kappa shape index (κ1) is 61.3. The van der Waals surface area contributed by atoms with Gasteiger partial charge in [0, 0.05) is 82.6 Å². The summed E-state index contributed by atoms with van der Waals surface area (Å²) in [5.74, 6) is 4.33. The van der Waals surface area contributed by atoms with Gasteiger partial charge in [0.05, 0.1) is 38.8 Å². The molecule has 0 saturated heterocycles. The van der Waals surface area contributed by atoms with E-state index in [-0.39, 0.29) is 0 Å². The van der Waals surface area contributed by atoms with Crippen LogP contribution in [0, 0.1) is 0 Å². The van der Waals surface area contributed by atoms with E-state index in [4.69, 9.17) is 34.9 Å². The Bertz CT molecular complexity index is 6280. The number of benzene rings is 14. The molecule has 21 rings (SSSR count). The fraction of sp³-hybridized carbons (Fsp3) is 0.0206. The van der Waals surface area contributed by atoms with Gasteiger partial charge in [-0.25, -0.2) is 34.9 Å². The van der Waals surface area contributed by atoms with E-state index in [0.29, 0.717) is 34.9 Å². The van der Waals surface area contributed by atoms with Gasteiger partial charge in [-0.3, -0.25) is 4.57 Å². The molecule has 0 bridgehead atoms. The van der Waals surface area contributed by atoms with Gasteiger partial charge in [0.15, 0.2) is 34.9 Å². The Balaban J connectivity index is 0.844. The third-order valence-electron chi connectivity index (χ3n) is 21.1. The quantitative estimate of drug-likeness (QED) is 0.113. The van der Waals surface area contributed by atoms with Crippen LogP contribution in [0.15, 0.2) is 352 Å². The van der Waals surface area contributed by atoms with Crippen molar-refractivity contribution in [2.24, 2.45) is 0 Å². The summed E-state index contributed by atoms with van der Waals surface area (Å²) in [7, 11) is 0. The summed E-state index contributed by atoms with van der Waals surface area (Å²) in [6, 6.07) is 125. The summed E-state index contributed by atoms with van der Waals surface area (Å²) in [6.45, 7) is 0. The van der Waals surface area contributed by atoms with Crippen LogP contribution in [-0.4, -0.2) is 48.6 Å². The molecule has 0 amide bonds. The van der Waals surface area contributed by atoms with Crippen LogP contribution in [0.25, 0.3) is 196 Å². The Morgan fingerprint density at radius 2 is 0.467 bits per heavy atom. The normalized spacial score (nSPS) is 12.0. The first-order valence-electron chi connectivity index (χ1n) is 36.3. The van der Waals surface area contributed by atoms with Crippen molar-refractivity contribution < 1.29 is 0 Å². The van der Waals surface area contributed by atoms with Crippen molar-refractivity contribution in [1.29, 1.82) is 0 Å². The van der Waals surface area contributed by atoms with E-state index in [0.717, 1.165) is 141 Å². The minimum atomic E-state index is 0.569. The van der Waals surface area contributed by atoms with Gasteiger partial charge in [-0.15, -0.1) is 0 Å². The van der Waals surface area contributed by atoms with Crippen molar-refractivity contribution in [1.82, 2.24) is 48.6 Å². The highest BCUT2D eigenvalue weighted by molar-refractivity contribution is 6.16. The predicted molar refractivity (Wildman–Crippen MR) is 436 cm³/mol. The predicted octanol–water partition coefficient (Wildman–Crippen LogP) is 23.5. The maximum atomic E-state index is 5.82. The van der Waals surface area contributed by atoms with Crippen LogP contribution in [0.1, 0.15) is 11.1 Å². The van der Waals surface area contributed by atoms with Crippen LogP contribution in [0.5, 0.6) is 0 Å². The van der Waals surface area contributed by atoms with Crippen molar-refractivity contribution in [3.63, 3.8) is 0 Å². The van der Waals surface area contributed by atoms with Crippen LogP contribution in [-0.2, 0) is 12.8 Å². The van der Waals surface area contributed by atoms with E-state index >= 15 is 0 Å². The SMILES string of the molecule is c1ccc(-c2cc(-c3ccccc3)nc(-n3c4cc(-c5cc(-c6nc(-c7ccccc7)nc(-c7ccccc7)n6)cc(-n6c7ccccc7c7ccccc76)c5)cc5c4c4c(cc(-c6cc(-c7nc(-c8ccccc8)nc(-c8ccccc8)n7)cc(-n7c8ccccc8c8ccccc87)c6)cc43)CC5)c2)cc1. The summed E-state index contributed by atoms with van der Waals surface area (Å²) in [5.41, 5.74) is 24.5. The highest BCUT2D eigenvalue weighted by Crippen LogP contribution is 2.47. The lowest BCUT2D eigenvalue weighted by Crippen LogP contribution is -2.02. The molecule has 10 nitrogen and oxygen atoms in total. The third kappa shape index (κ3) is 10.7. The van der Waals surface area contributed by atoms with Gasteiger partial charge in [0.1, 0.15) is 5.82 Å². The molecule has 20 aromatic rings. The lowest BCUT2D eigenvalue weighted by atomic mass is 9.87. The third-order valence-corrected chi connectivity index (χ3v) is 21.1. The molecule has 0 spiro atoms. The smallest absolute Gasteiger partial charge is 0.164 e. The van der Waals surface area contributed by atoms with Gasteiger partial charge < -0.3 is 9.13 Å². The standard InChI is InChI=1S/C97H62N10/c1-7-27-61(28-8-1)73-57-82(62-29-9-2-10-30-62)98-89(60-73)107-87-58-71(69-51-74(55-76(53-69)105-83-43-23-19-39-78(83)79-40-20-24-44-84(79)105)96-101-92(63-31-11-3-12-32-63)99-93(102-96)64-33-13-4-14-34-64)49-67-47-48-68-50-72(59-88(107)91(68)90(67)87)70-52-75(56-77(54-70)106-85-45-25-21-41-80(85)81-42-22-26-46-86(81)106)97-103-94(65-35-15-5-16-36-65)100-95(104-97)66-37-17-6-18-38-66/h1-46,49-60H,47-48H2. The van der Waals surface area contributed by atoms with E-state index in [1.165, 1.54) is 43.4 Å². The molecule has 6 aromatic heterocycles. The van der Waals surface area contributed by atoms with E-state index in [2.05, 4.69) is 293 Å². The van der Waals surface area contributed by atoms with Crippen LogP contribution in [0.4, 0.5) is 0 Å². The molecule has 14 aromatic carbocycles. The monoisotopic (exact) mass is 1370 g/mol. The topological polar surface area (TPSA) is 105 Å². The van der Waals surface area contributed by atoms with Crippen molar-refractivity contribution in [2.75, 3.05) is 0 Å². The number of fused-ring (bicyclic) bond motifs is 6. The maximum Gasteiger partial charge on any atom is 0.164 e. The number of aryl methyl sites for hydroxylation is 2. The summed E-state index contributed by atoms with van der Waals surface area (Å²) in [4.78, 5) is 37.8. The molecule has 0 fully saturated rings. The zero-order valence-corrected chi connectivity index (χ0v) is 57.9. The highest BCUT2D eigenvalue weighted by atomic mass is 15.1. The molecule has 0 saturated carbocycles. The Kier molecular flexibility index (Phi) is 14.5. The summed E-state index contributed by atoms with van der Waals surface area (Å²) >= 11 is 0. The minimum Gasteiger partial charge on any atom is -0.309 e. The Morgan fingerprint density at radius 1 is 0.187 bits per heavy atom. The van der Waals surface area contributed by atoms with Crippen LogP contribution in [0.3, 0.4) is 0 Å². The van der Waals surface area contributed by atoms with Gasteiger partial charge in [0.25, 0.3) is 0 Å². The van der Waals surface area contributed by atoms with Gasteiger partial charge in [-0.2, -0.15) is 0 Å². The van der Waals surface area contributed by atoms with Crippen LogP contribution >= 0.6 is 0 Å². The highest BCUT2D eigenvalue weighted by Gasteiger charge is 2.28. The molecular formula is C97H62N10. The molecule has 10 heteroatoms.